The van der Waals surface area contributed by atoms with Crippen LogP contribution in [0.2, 0.25) is 5.02 Å². The molecule has 25 heavy (non-hydrogen) atoms. The first-order valence-electron chi connectivity index (χ1n) is 7.40. The van der Waals surface area contributed by atoms with Gasteiger partial charge in [-0.25, -0.2) is 4.79 Å². The summed E-state index contributed by atoms with van der Waals surface area (Å²) in [5.74, 6) is -1.69. The fourth-order valence-electron chi connectivity index (χ4n) is 1.72. The number of nitro benzene ring substituents is 1. The van der Waals surface area contributed by atoms with E-state index in [0.29, 0.717) is 0 Å². The van der Waals surface area contributed by atoms with E-state index in [0.717, 1.165) is 18.2 Å². The summed E-state index contributed by atoms with van der Waals surface area (Å²) in [6.07, 6.45) is -1.18. The molecule has 0 aliphatic heterocycles. The average Bonchev–Trinajstić information content (AvgIpc) is 2.53. The molecule has 0 spiro atoms. The Morgan fingerprint density at radius 1 is 1.40 bits per heavy atom. The van der Waals surface area contributed by atoms with Crippen LogP contribution in [-0.2, 0) is 9.53 Å². The highest BCUT2D eigenvalue weighted by Gasteiger charge is 2.33. The van der Waals surface area contributed by atoms with Crippen molar-refractivity contribution in [3.8, 4) is 6.07 Å². The molecule has 0 aromatic heterocycles. The number of hydrogen-bond acceptors (Lipinski definition) is 6. The Morgan fingerprint density at radius 2 is 2.00 bits per heavy atom. The molecule has 1 aromatic carbocycles. The third kappa shape index (κ3) is 4.90. The Morgan fingerprint density at radius 3 is 2.44 bits per heavy atom. The zero-order valence-corrected chi connectivity index (χ0v) is 15.0. The normalized spacial score (nSPS) is 14.1. The van der Waals surface area contributed by atoms with Gasteiger partial charge in [-0.05, 0) is 25.8 Å². The summed E-state index contributed by atoms with van der Waals surface area (Å²) in [5, 5.41) is 22.3. The second kappa shape index (κ2) is 7.94. The van der Waals surface area contributed by atoms with Crippen molar-refractivity contribution in [3.63, 3.8) is 0 Å². The summed E-state index contributed by atoms with van der Waals surface area (Å²) in [4.78, 5) is 34.3. The van der Waals surface area contributed by atoms with Crippen molar-refractivity contribution in [1.82, 2.24) is 5.32 Å². The summed E-state index contributed by atoms with van der Waals surface area (Å²) >= 11 is 5.85. The van der Waals surface area contributed by atoms with Crippen LogP contribution < -0.4 is 5.32 Å². The number of esters is 1. The van der Waals surface area contributed by atoms with Crippen molar-refractivity contribution < 1.29 is 19.2 Å². The maximum absolute atomic E-state index is 12.2. The first-order chi connectivity index (χ1) is 11.5. The van der Waals surface area contributed by atoms with Gasteiger partial charge >= 0.3 is 5.97 Å². The molecule has 1 aromatic rings. The van der Waals surface area contributed by atoms with Crippen molar-refractivity contribution >= 4 is 29.2 Å². The summed E-state index contributed by atoms with van der Waals surface area (Å²) in [7, 11) is 0. The SMILES string of the molecule is CC(C)[C@@](C)(C#N)NC(=O)[C@@H](C)OC(=O)c1ccc([N+](=O)[O-])cc1Cl. The molecule has 0 heterocycles. The molecule has 1 amide bonds. The lowest BCUT2D eigenvalue weighted by Crippen LogP contribution is -2.52. The predicted octanol–water partition coefficient (Wildman–Crippen LogP) is 2.85. The number of carbonyl (C=O) groups is 2. The smallest absolute Gasteiger partial charge is 0.340 e. The van der Waals surface area contributed by atoms with Crippen molar-refractivity contribution in [1.29, 1.82) is 5.26 Å². The summed E-state index contributed by atoms with van der Waals surface area (Å²) in [6, 6.07) is 5.30. The quantitative estimate of drug-likeness (QED) is 0.468. The highest BCUT2D eigenvalue weighted by atomic mass is 35.5. The number of nitrogens with one attached hydrogen (secondary N) is 1. The van der Waals surface area contributed by atoms with Crippen LogP contribution in [0.15, 0.2) is 18.2 Å². The van der Waals surface area contributed by atoms with Crippen molar-refractivity contribution in [3.05, 3.63) is 38.9 Å². The Labute approximate surface area is 149 Å². The molecule has 0 fully saturated rings. The van der Waals surface area contributed by atoms with E-state index >= 15 is 0 Å². The minimum Gasteiger partial charge on any atom is -0.449 e. The molecular weight excluding hydrogens is 350 g/mol. The molecule has 1 rings (SSSR count). The highest BCUT2D eigenvalue weighted by Crippen LogP contribution is 2.23. The number of amides is 1. The van der Waals surface area contributed by atoms with E-state index in [9.17, 15) is 25.0 Å². The Hall–Kier alpha value is -2.66. The van der Waals surface area contributed by atoms with Crippen LogP contribution in [0.4, 0.5) is 5.69 Å². The van der Waals surface area contributed by atoms with Gasteiger partial charge in [0.2, 0.25) is 0 Å². The van der Waals surface area contributed by atoms with Crippen LogP contribution >= 0.6 is 11.6 Å². The largest absolute Gasteiger partial charge is 0.449 e. The molecule has 0 unspecified atom stereocenters. The van der Waals surface area contributed by atoms with Crippen LogP contribution in [-0.4, -0.2) is 28.4 Å². The van der Waals surface area contributed by atoms with E-state index in [2.05, 4.69) is 5.32 Å². The van der Waals surface area contributed by atoms with Crippen LogP contribution in [0.1, 0.15) is 38.1 Å². The van der Waals surface area contributed by atoms with Crippen molar-refractivity contribution in [2.24, 2.45) is 5.92 Å². The molecule has 0 aliphatic rings. The molecular formula is C16H18ClN3O5. The number of carbonyl (C=O) groups excluding carboxylic acids is 2. The van der Waals surface area contributed by atoms with Crippen LogP contribution in [0.5, 0.6) is 0 Å². The van der Waals surface area contributed by atoms with E-state index in [1.165, 1.54) is 6.92 Å². The van der Waals surface area contributed by atoms with E-state index in [-0.39, 0.29) is 22.2 Å². The molecule has 134 valence electrons. The molecule has 9 heteroatoms. The third-order valence-corrected chi connectivity index (χ3v) is 4.12. The number of benzene rings is 1. The molecule has 0 saturated carbocycles. The van der Waals surface area contributed by atoms with E-state index in [1.807, 2.05) is 6.07 Å². The zero-order valence-electron chi connectivity index (χ0n) is 14.2. The molecule has 8 nitrogen and oxygen atoms in total. The van der Waals surface area contributed by atoms with Gasteiger partial charge in [0.15, 0.2) is 6.10 Å². The van der Waals surface area contributed by atoms with Gasteiger partial charge in [-0.15, -0.1) is 0 Å². The number of hydrogen-bond donors (Lipinski definition) is 1. The maximum atomic E-state index is 12.2. The maximum Gasteiger partial charge on any atom is 0.340 e. The highest BCUT2D eigenvalue weighted by molar-refractivity contribution is 6.33. The summed E-state index contributed by atoms with van der Waals surface area (Å²) in [6.45, 7) is 6.47. The standard InChI is InChI=1S/C16H18ClN3O5/c1-9(2)16(4,8-18)19-14(21)10(3)25-15(22)12-6-5-11(20(23)24)7-13(12)17/h5-7,9-10H,1-4H3,(H,19,21)/t10-,16-/m1/s1. The van der Waals surface area contributed by atoms with E-state index in [1.54, 1.807) is 20.8 Å². The Balaban J connectivity index is 2.85. The zero-order chi connectivity index (χ0) is 19.4. The van der Waals surface area contributed by atoms with Crippen LogP contribution in [0.3, 0.4) is 0 Å². The van der Waals surface area contributed by atoms with Crippen molar-refractivity contribution in [2.75, 3.05) is 0 Å². The lowest BCUT2D eigenvalue weighted by Gasteiger charge is -2.28. The topological polar surface area (TPSA) is 122 Å². The predicted molar refractivity (Wildman–Crippen MR) is 90.0 cm³/mol. The lowest BCUT2D eigenvalue weighted by molar-refractivity contribution is -0.384. The van der Waals surface area contributed by atoms with Gasteiger partial charge in [-0.3, -0.25) is 14.9 Å². The van der Waals surface area contributed by atoms with E-state index in [4.69, 9.17) is 16.3 Å². The van der Waals surface area contributed by atoms with Gasteiger partial charge in [0.25, 0.3) is 11.6 Å². The molecule has 1 N–H and O–H groups in total. The number of ether oxygens (including phenoxy) is 1. The minimum absolute atomic E-state index is 0.0983. The van der Waals surface area contributed by atoms with Gasteiger partial charge in [0, 0.05) is 12.1 Å². The minimum atomic E-state index is -1.18. The van der Waals surface area contributed by atoms with Gasteiger partial charge in [0.1, 0.15) is 5.54 Å². The van der Waals surface area contributed by atoms with Gasteiger partial charge in [-0.1, -0.05) is 25.4 Å². The first-order valence-corrected chi connectivity index (χ1v) is 7.77. The Bertz CT molecular complexity index is 744. The van der Waals surface area contributed by atoms with Gasteiger partial charge < -0.3 is 10.1 Å². The molecule has 0 aliphatic carbocycles. The Kier molecular flexibility index (Phi) is 6.48. The average molecular weight is 368 g/mol. The number of nitriles is 1. The van der Waals surface area contributed by atoms with Crippen LogP contribution in [0, 0.1) is 27.4 Å². The number of nitrogens with zero attached hydrogens (tertiary/aromatic N) is 2. The molecule has 0 bridgehead atoms. The molecule has 0 radical (unpaired) electrons. The van der Waals surface area contributed by atoms with E-state index < -0.39 is 28.4 Å². The number of nitro groups is 1. The summed E-state index contributed by atoms with van der Waals surface area (Å²) in [5.41, 5.74) is -1.48. The van der Waals surface area contributed by atoms with Crippen LogP contribution in [0.25, 0.3) is 0 Å². The number of non-ortho nitro benzene ring substituents is 1. The van der Waals surface area contributed by atoms with Crippen molar-refractivity contribution in [2.45, 2.75) is 39.3 Å². The van der Waals surface area contributed by atoms with Gasteiger partial charge in [0.05, 0.1) is 21.6 Å². The second-order valence-electron chi connectivity index (χ2n) is 5.93. The van der Waals surface area contributed by atoms with Gasteiger partial charge in [-0.2, -0.15) is 5.26 Å². The monoisotopic (exact) mass is 367 g/mol. The molecule has 0 saturated heterocycles. The third-order valence-electron chi connectivity index (χ3n) is 3.81. The molecule has 2 atom stereocenters. The number of halogens is 1. The number of rotatable bonds is 6. The fourth-order valence-corrected chi connectivity index (χ4v) is 1.97. The second-order valence-corrected chi connectivity index (χ2v) is 6.33. The fraction of sp³-hybridized carbons (Fsp3) is 0.438. The first kappa shape index (κ1) is 20.4. The lowest BCUT2D eigenvalue weighted by atomic mass is 9.90. The summed E-state index contributed by atoms with van der Waals surface area (Å²) < 4.78 is 5.03.